The third-order valence-electron chi connectivity index (χ3n) is 8.43. The Labute approximate surface area is 252 Å². The minimum absolute atomic E-state index is 0. The van der Waals surface area contributed by atoms with Crippen molar-refractivity contribution in [3.8, 4) is 22.3 Å². The molecule has 3 heteroatoms. The Morgan fingerprint density at radius 3 is 2.13 bits per heavy atom. The summed E-state index contributed by atoms with van der Waals surface area (Å²) in [6.07, 6.45) is 8.69. The molecule has 0 N–H and O–H groups in total. The van der Waals surface area contributed by atoms with Gasteiger partial charge in [0.2, 0.25) is 0 Å². The van der Waals surface area contributed by atoms with Crippen molar-refractivity contribution in [2.45, 2.75) is 34.1 Å². The van der Waals surface area contributed by atoms with Crippen LogP contribution >= 0.6 is 0 Å². The van der Waals surface area contributed by atoms with Gasteiger partial charge in [-0.05, 0) is 0 Å². The molecular formula is C36H32Cl2Zr. The van der Waals surface area contributed by atoms with Gasteiger partial charge in [0.05, 0.1) is 0 Å². The van der Waals surface area contributed by atoms with Gasteiger partial charge in [-0.15, -0.1) is 0 Å². The van der Waals surface area contributed by atoms with Crippen LogP contribution in [0.3, 0.4) is 0 Å². The first-order valence-electron chi connectivity index (χ1n) is 13.5. The SMILES string of the molecule is CC1C=C(C(C)(C)C)C=[C]1[Zr+2]([c]1cccc2c1Cc1ccccc1-2)=[c]1cccc2c1=Cc1ccccc1-2.[Cl-].[Cl-]. The van der Waals surface area contributed by atoms with Gasteiger partial charge >= 0.3 is 229 Å². The topological polar surface area (TPSA) is 0 Å². The van der Waals surface area contributed by atoms with Crippen LogP contribution in [-0.2, 0) is 27.7 Å². The predicted octanol–water partition coefficient (Wildman–Crippen LogP) is 1.78. The molecule has 0 amide bonds. The molecule has 0 saturated heterocycles. The summed E-state index contributed by atoms with van der Waals surface area (Å²) in [5.74, 6) is 0.489. The van der Waals surface area contributed by atoms with Gasteiger partial charge in [0, 0.05) is 0 Å². The minimum atomic E-state index is -2.56. The number of fused-ring (bicyclic) bond motifs is 6. The van der Waals surface area contributed by atoms with E-state index in [1.165, 1.54) is 44.2 Å². The third-order valence-corrected chi connectivity index (χ3v) is 16.2. The van der Waals surface area contributed by atoms with Crippen LogP contribution in [0.2, 0.25) is 0 Å². The van der Waals surface area contributed by atoms with Crippen LogP contribution in [-0.4, -0.2) is 0 Å². The average molecular weight is 627 g/mol. The van der Waals surface area contributed by atoms with Crippen LogP contribution in [0.15, 0.2) is 106 Å². The summed E-state index contributed by atoms with van der Waals surface area (Å²) in [5.41, 5.74) is 11.8. The standard InChI is InChI=1S/C13H9.C13H8.C10H15.2ClH.Zr/c2*1-3-7-12-10(5-1)9-11-6-2-4-8-13(11)12;1-8-5-6-9(7-8)10(2,3)4;;;/h1-5,7-8H,9H2;1-5,7-9H;6-8H,1-4H3;2*1H;/q;;;;;+2/p-2. The van der Waals surface area contributed by atoms with Crippen LogP contribution < -0.4 is 33.3 Å². The molecule has 1 atom stereocenters. The van der Waals surface area contributed by atoms with Gasteiger partial charge in [-0.25, -0.2) is 0 Å². The first kappa shape index (κ1) is 28.2. The summed E-state index contributed by atoms with van der Waals surface area (Å²) in [6, 6.07) is 32.2. The van der Waals surface area contributed by atoms with E-state index in [4.69, 9.17) is 0 Å². The smallest absolute Gasteiger partial charge is 1.00 e. The van der Waals surface area contributed by atoms with Crippen molar-refractivity contribution in [2.75, 3.05) is 0 Å². The maximum atomic E-state index is 2.61. The summed E-state index contributed by atoms with van der Waals surface area (Å²) >= 11 is -2.56. The Morgan fingerprint density at radius 2 is 1.36 bits per heavy atom. The molecule has 39 heavy (non-hydrogen) atoms. The van der Waals surface area contributed by atoms with Crippen LogP contribution in [0.25, 0.3) is 28.3 Å². The van der Waals surface area contributed by atoms with Crippen molar-refractivity contribution < 1.29 is 46.1 Å². The number of rotatable bonds is 2. The molecule has 0 aromatic heterocycles. The fourth-order valence-corrected chi connectivity index (χ4v) is 14.6. The Hall–Kier alpha value is -2.31. The largest absolute Gasteiger partial charge is 1.00 e. The molecule has 4 aromatic carbocycles. The molecule has 7 rings (SSSR count). The normalized spacial score (nSPS) is 16.4. The second-order valence-corrected chi connectivity index (χ2v) is 17.7. The molecule has 3 aliphatic carbocycles. The maximum absolute atomic E-state index is 2.61. The van der Waals surface area contributed by atoms with Crippen molar-refractivity contribution in [3.63, 3.8) is 0 Å². The molecule has 0 bridgehead atoms. The van der Waals surface area contributed by atoms with Crippen LogP contribution in [0, 0.1) is 14.2 Å². The number of hydrogen-bond donors (Lipinski definition) is 0. The molecule has 0 aliphatic heterocycles. The van der Waals surface area contributed by atoms with E-state index in [9.17, 15) is 0 Å². The molecule has 0 spiro atoms. The number of allylic oxidation sites excluding steroid dienone is 4. The van der Waals surface area contributed by atoms with E-state index < -0.39 is 21.3 Å². The molecule has 0 fully saturated rings. The third kappa shape index (κ3) is 4.62. The zero-order valence-corrected chi connectivity index (χ0v) is 26.8. The monoisotopic (exact) mass is 624 g/mol. The molecule has 194 valence electrons. The Kier molecular flexibility index (Phi) is 7.67. The van der Waals surface area contributed by atoms with Gasteiger partial charge in [0.1, 0.15) is 0 Å². The van der Waals surface area contributed by atoms with Crippen LogP contribution in [0.1, 0.15) is 44.4 Å². The van der Waals surface area contributed by atoms with E-state index in [2.05, 4.69) is 131 Å². The van der Waals surface area contributed by atoms with Gasteiger partial charge in [-0.3, -0.25) is 0 Å². The number of benzene rings is 4. The summed E-state index contributed by atoms with van der Waals surface area (Å²) in [6.45, 7) is 9.51. The zero-order valence-electron chi connectivity index (χ0n) is 22.9. The minimum Gasteiger partial charge on any atom is -1.00 e. The number of halogens is 2. The summed E-state index contributed by atoms with van der Waals surface area (Å²) in [5, 5.41) is 1.48. The predicted molar refractivity (Wildman–Crippen MR) is 153 cm³/mol. The Morgan fingerprint density at radius 1 is 0.692 bits per heavy atom. The molecule has 0 saturated carbocycles. The van der Waals surface area contributed by atoms with Gasteiger partial charge < -0.3 is 24.8 Å². The first-order valence-corrected chi connectivity index (χ1v) is 17.2. The van der Waals surface area contributed by atoms with E-state index in [-0.39, 0.29) is 30.2 Å². The number of hydrogen-bond acceptors (Lipinski definition) is 0. The summed E-state index contributed by atoms with van der Waals surface area (Å²) in [7, 11) is 0. The van der Waals surface area contributed by atoms with Gasteiger partial charge in [0.15, 0.2) is 0 Å². The molecule has 0 heterocycles. The van der Waals surface area contributed by atoms with E-state index in [1.807, 2.05) is 0 Å². The fraction of sp³-hybridized carbons (Fsp3) is 0.194. The van der Waals surface area contributed by atoms with Crippen molar-refractivity contribution >= 4 is 9.35 Å². The van der Waals surface area contributed by atoms with Crippen molar-refractivity contribution in [1.29, 1.82) is 0 Å². The maximum Gasteiger partial charge on any atom is -1.00 e. The van der Waals surface area contributed by atoms with E-state index in [0.29, 0.717) is 5.92 Å². The fourth-order valence-electron chi connectivity index (χ4n) is 6.52. The van der Waals surface area contributed by atoms with Gasteiger partial charge in [0.25, 0.3) is 0 Å². The van der Waals surface area contributed by atoms with Crippen molar-refractivity contribution in [3.05, 3.63) is 131 Å². The second kappa shape index (κ2) is 10.6. The molecule has 4 aromatic rings. The quantitative estimate of drug-likeness (QED) is 0.275. The first-order chi connectivity index (χ1) is 17.9. The Bertz CT molecular complexity index is 1800. The average Bonchev–Trinajstić information content (AvgIpc) is 3.58. The van der Waals surface area contributed by atoms with Gasteiger partial charge in [-0.2, -0.15) is 0 Å². The van der Waals surface area contributed by atoms with Crippen LogP contribution in [0.4, 0.5) is 0 Å². The van der Waals surface area contributed by atoms with Crippen LogP contribution in [0.5, 0.6) is 0 Å². The molecule has 3 aliphatic rings. The molecule has 0 radical (unpaired) electrons. The van der Waals surface area contributed by atoms with Crippen molar-refractivity contribution in [1.82, 2.24) is 0 Å². The second-order valence-electron chi connectivity index (χ2n) is 11.8. The van der Waals surface area contributed by atoms with Crippen molar-refractivity contribution in [2.24, 2.45) is 11.3 Å². The zero-order chi connectivity index (χ0) is 25.3. The van der Waals surface area contributed by atoms with E-state index in [0.717, 1.165) is 6.42 Å². The molecular weight excluding hydrogens is 595 g/mol. The summed E-state index contributed by atoms with van der Waals surface area (Å²) < 4.78 is 5.01. The van der Waals surface area contributed by atoms with E-state index in [1.54, 1.807) is 15.0 Å². The Balaban J connectivity index is 0.00000154. The molecule has 0 nitrogen and oxygen atoms in total. The summed E-state index contributed by atoms with van der Waals surface area (Å²) in [4.78, 5) is 0. The van der Waals surface area contributed by atoms with Gasteiger partial charge in [-0.1, -0.05) is 0 Å². The molecule has 1 unspecified atom stereocenters. The van der Waals surface area contributed by atoms with E-state index >= 15 is 0 Å².